The number of rotatable bonds is 2. The third-order valence-corrected chi connectivity index (χ3v) is 6.22. The summed E-state index contributed by atoms with van der Waals surface area (Å²) in [4.78, 5) is 12.3. The van der Waals surface area contributed by atoms with Gasteiger partial charge in [0.2, 0.25) is 0 Å². The summed E-state index contributed by atoms with van der Waals surface area (Å²) in [7, 11) is 1.42. The molecule has 2 aromatic carbocycles. The van der Waals surface area contributed by atoms with Gasteiger partial charge in [0.25, 0.3) is 0 Å². The molecule has 2 aliphatic rings. The maximum atomic E-state index is 12.3. The van der Waals surface area contributed by atoms with Gasteiger partial charge in [0.05, 0.1) is 23.9 Å². The normalized spacial score (nSPS) is 19.1. The minimum atomic E-state index is -0.721. The number of hydrogen-bond acceptors (Lipinski definition) is 3. The highest BCUT2D eigenvalue weighted by molar-refractivity contribution is 5.99. The molecule has 138 valence electrons. The minimum Gasteiger partial charge on any atom is -0.465 e. The van der Waals surface area contributed by atoms with Gasteiger partial charge in [0, 0.05) is 16.5 Å². The number of aliphatic hydroxyl groups excluding tert-OH is 1. The van der Waals surface area contributed by atoms with E-state index in [-0.39, 0.29) is 5.97 Å². The van der Waals surface area contributed by atoms with Crippen LogP contribution in [0.5, 0.6) is 0 Å². The summed E-state index contributed by atoms with van der Waals surface area (Å²) in [5, 5.41) is 12.1. The highest BCUT2D eigenvalue weighted by Crippen LogP contribution is 2.45. The Hall–Kier alpha value is -2.59. The first kappa shape index (κ1) is 16.6. The summed E-state index contributed by atoms with van der Waals surface area (Å²) in [5.74, 6) is 0.135. The summed E-state index contributed by atoms with van der Waals surface area (Å²) < 4.78 is 6.96. The van der Waals surface area contributed by atoms with E-state index in [1.54, 1.807) is 0 Å². The molecule has 1 N–H and O–H groups in total. The van der Waals surface area contributed by atoms with Gasteiger partial charge in [0.15, 0.2) is 6.23 Å². The average Bonchev–Trinajstić information content (AvgIpc) is 3.23. The van der Waals surface area contributed by atoms with Gasteiger partial charge in [-0.1, -0.05) is 43.5 Å². The van der Waals surface area contributed by atoms with Crippen molar-refractivity contribution in [1.29, 1.82) is 0 Å². The van der Waals surface area contributed by atoms with Gasteiger partial charge in [-0.3, -0.25) is 0 Å². The van der Waals surface area contributed by atoms with E-state index in [4.69, 9.17) is 4.74 Å². The van der Waals surface area contributed by atoms with Gasteiger partial charge in [-0.15, -0.1) is 0 Å². The van der Waals surface area contributed by atoms with Crippen molar-refractivity contribution in [3.05, 3.63) is 59.2 Å². The molecular formula is C23H23NO3. The number of ether oxygens (including phenoxy) is 1. The van der Waals surface area contributed by atoms with E-state index in [0.29, 0.717) is 11.5 Å². The van der Waals surface area contributed by atoms with Gasteiger partial charge >= 0.3 is 5.97 Å². The van der Waals surface area contributed by atoms with Crippen molar-refractivity contribution < 1.29 is 14.6 Å². The van der Waals surface area contributed by atoms with Crippen LogP contribution in [0.2, 0.25) is 0 Å². The zero-order valence-corrected chi connectivity index (χ0v) is 15.4. The Kier molecular flexibility index (Phi) is 3.83. The van der Waals surface area contributed by atoms with Gasteiger partial charge in [-0.25, -0.2) is 4.79 Å². The fourth-order valence-electron chi connectivity index (χ4n) is 4.91. The molecule has 27 heavy (non-hydrogen) atoms. The van der Waals surface area contributed by atoms with Crippen molar-refractivity contribution in [3.63, 3.8) is 0 Å². The highest BCUT2D eigenvalue weighted by atomic mass is 16.5. The van der Waals surface area contributed by atoms with Crippen LogP contribution in [0.3, 0.4) is 0 Å². The molecule has 3 aromatic rings. The van der Waals surface area contributed by atoms with Crippen LogP contribution in [0.4, 0.5) is 0 Å². The number of esters is 1. The number of aliphatic hydroxyl groups is 1. The monoisotopic (exact) mass is 361 g/mol. The molecule has 1 aliphatic carbocycles. The molecule has 1 fully saturated rings. The Balaban J connectivity index is 1.78. The molecule has 1 aromatic heterocycles. The predicted molar refractivity (Wildman–Crippen MR) is 105 cm³/mol. The molecule has 0 bridgehead atoms. The van der Waals surface area contributed by atoms with Crippen LogP contribution in [-0.2, 0) is 4.74 Å². The number of fused-ring (bicyclic) bond motifs is 5. The average molecular weight is 361 g/mol. The fourth-order valence-corrected chi connectivity index (χ4v) is 4.91. The van der Waals surface area contributed by atoms with Gasteiger partial charge < -0.3 is 14.4 Å². The lowest BCUT2D eigenvalue weighted by molar-refractivity contribution is 0.0600. The molecule has 1 saturated carbocycles. The zero-order valence-electron chi connectivity index (χ0n) is 15.4. The number of aromatic nitrogens is 1. The van der Waals surface area contributed by atoms with Crippen molar-refractivity contribution in [3.8, 4) is 11.3 Å². The molecule has 0 radical (unpaired) electrons. The van der Waals surface area contributed by atoms with Crippen LogP contribution in [0.15, 0.2) is 42.5 Å². The van der Waals surface area contributed by atoms with E-state index in [9.17, 15) is 9.90 Å². The zero-order chi connectivity index (χ0) is 18.5. The first-order valence-corrected chi connectivity index (χ1v) is 9.73. The SMILES string of the molecule is COC(=O)c1cc(C2CCCCC2)c2cc3n(c2c1)C(O)c1ccccc1-3. The molecule has 5 rings (SSSR count). The molecule has 1 aliphatic heterocycles. The number of carbonyl (C=O) groups is 1. The molecule has 0 amide bonds. The van der Waals surface area contributed by atoms with Crippen molar-refractivity contribution in [2.24, 2.45) is 0 Å². The molecule has 1 unspecified atom stereocenters. The summed E-state index contributed by atoms with van der Waals surface area (Å²) in [6.07, 6.45) is 5.33. The summed E-state index contributed by atoms with van der Waals surface area (Å²) in [6, 6.07) is 14.0. The van der Waals surface area contributed by atoms with E-state index >= 15 is 0 Å². The smallest absolute Gasteiger partial charge is 0.337 e. The highest BCUT2D eigenvalue weighted by Gasteiger charge is 2.31. The van der Waals surface area contributed by atoms with Crippen molar-refractivity contribution in [1.82, 2.24) is 4.57 Å². The molecular weight excluding hydrogens is 338 g/mol. The van der Waals surface area contributed by atoms with E-state index < -0.39 is 6.23 Å². The number of carbonyl (C=O) groups excluding carboxylic acids is 1. The maximum Gasteiger partial charge on any atom is 0.337 e. The Bertz CT molecular complexity index is 1040. The lowest BCUT2D eigenvalue weighted by Crippen LogP contribution is -2.10. The minimum absolute atomic E-state index is 0.325. The van der Waals surface area contributed by atoms with E-state index in [0.717, 1.165) is 40.6 Å². The first-order chi connectivity index (χ1) is 13.2. The quantitative estimate of drug-likeness (QED) is 0.654. The number of methoxy groups -OCH3 is 1. The molecule has 4 nitrogen and oxygen atoms in total. The van der Waals surface area contributed by atoms with Gasteiger partial charge in [-0.2, -0.15) is 0 Å². The van der Waals surface area contributed by atoms with E-state index in [2.05, 4.69) is 12.1 Å². The third kappa shape index (κ3) is 2.43. The third-order valence-electron chi connectivity index (χ3n) is 6.22. The van der Waals surface area contributed by atoms with Crippen LogP contribution in [-0.4, -0.2) is 22.8 Å². The molecule has 1 atom stereocenters. The van der Waals surface area contributed by atoms with Crippen molar-refractivity contribution in [2.75, 3.05) is 7.11 Å². The summed E-state index contributed by atoms with van der Waals surface area (Å²) in [6.45, 7) is 0. The van der Waals surface area contributed by atoms with Crippen LogP contribution >= 0.6 is 0 Å². The fraction of sp³-hybridized carbons (Fsp3) is 0.348. The molecule has 2 heterocycles. The van der Waals surface area contributed by atoms with Crippen LogP contribution < -0.4 is 0 Å². The number of nitrogens with zero attached hydrogens (tertiary/aromatic N) is 1. The Labute approximate surface area is 158 Å². The van der Waals surface area contributed by atoms with Crippen LogP contribution in [0, 0.1) is 0 Å². The Morgan fingerprint density at radius 1 is 1.07 bits per heavy atom. The lowest BCUT2D eigenvalue weighted by Gasteiger charge is -2.23. The topological polar surface area (TPSA) is 51.5 Å². The first-order valence-electron chi connectivity index (χ1n) is 9.73. The maximum absolute atomic E-state index is 12.3. The largest absolute Gasteiger partial charge is 0.465 e. The Morgan fingerprint density at radius 2 is 1.85 bits per heavy atom. The van der Waals surface area contributed by atoms with Gasteiger partial charge in [-0.05, 0) is 42.5 Å². The standard InChI is InChI=1S/C23H23NO3/c1-27-23(26)15-11-18(14-7-3-2-4-8-14)19-13-21-16-9-5-6-10-17(16)22(25)24(21)20(19)12-15/h5-6,9-14,22,25H,2-4,7-8H2,1H3. The van der Waals surface area contributed by atoms with Crippen LogP contribution in [0.25, 0.3) is 22.2 Å². The van der Waals surface area contributed by atoms with Gasteiger partial charge in [0.1, 0.15) is 0 Å². The molecule has 0 saturated heterocycles. The predicted octanol–water partition coefficient (Wildman–Crippen LogP) is 5.00. The summed E-state index contributed by atoms with van der Waals surface area (Å²) >= 11 is 0. The second kappa shape index (κ2) is 6.24. The Morgan fingerprint density at radius 3 is 2.63 bits per heavy atom. The second-order valence-corrected chi connectivity index (χ2v) is 7.69. The second-order valence-electron chi connectivity index (χ2n) is 7.69. The van der Waals surface area contributed by atoms with Crippen molar-refractivity contribution in [2.45, 2.75) is 44.2 Å². The molecule has 4 heteroatoms. The number of hydrogen-bond donors (Lipinski definition) is 1. The van der Waals surface area contributed by atoms with E-state index in [1.807, 2.05) is 34.9 Å². The van der Waals surface area contributed by atoms with Crippen molar-refractivity contribution >= 4 is 16.9 Å². The summed E-state index contributed by atoms with van der Waals surface area (Å²) in [5.41, 5.74) is 5.70. The van der Waals surface area contributed by atoms with Crippen LogP contribution in [0.1, 0.15) is 65.7 Å². The van der Waals surface area contributed by atoms with E-state index in [1.165, 1.54) is 31.9 Å². The lowest BCUT2D eigenvalue weighted by atomic mass is 9.82. The number of benzene rings is 2. The molecule has 0 spiro atoms.